The second-order valence-electron chi connectivity index (χ2n) is 7.13. The highest BCUT2D eigenvalue weighted by molar-refractivity contribution is 5.85. The molecule has 26 heavy (non-hydrogen) atoms. The lowest BCUT2D eigenvalue weighted by Crippen LogP contribution is -2.44. The van der Waals surface area contributed by atoms with Gasteiger partial charge in [0.25, 0.3) is 0 Å². The van der Waals surface area contributed by atoms with Crippen LogP contribution >= 0.6 is 0 Å². The molecular weight excluding hydrogens is 330 g/mol. The second-order valence-corrected chi connectivity index (χ2v) is 7.13. The normalized spacial score (nSPS) is 13.7. The molecule has 0 N–H and O–H groups in total. The van der Waals surface area contributed by atoms with Crippen LogP contribution in [0.1, 0.15) is 51.1 Å². The zero-order valence-corrected chi connectivity index (χ0v) is 16.4. The number of aromatic nitrogens is 1. The summed E-state index contributed by atoms with van der Waals surface area (Å²) in [5, 5.41) is 0. The molecule has 0 saturated heterocycles. The Morgan fingerprint density at radius 3 is 2.62 bits per heavy atom. The minimum atomic E-state index is 0.0518. The maximum Gasteiger partial charge on any atom is 0.242 e. The lowest BCUT2D eigenvalue weighted by Gasteiger charge is -2.28. The standard InChI is InChI=1S/C20H33N3O3/c1-4-5-9-19(24)22(13-7-14-26-3)16-20(25)23(17-10-11-17)15-18-8-6-12-21(18)2/h6,8,12,17H,4-5,7,9-11,13-16H2,1-3H3. The molecule has 0 atom stereocenters. The van der Waals surface area contributed by atoms with Gasteiger partial charge in [0.1, 0.15) is 0 Å². The third-order valence-corrected chi connectivity index (χ3v) is 4.89. The van der Waals surface area contributed by atoms with Crippen molar-refractivity contribution < 1.29 is 14.3 Å². The van der Waals surface area contributed by atoms with E-state index in [0.717, 1.165) is 37.8 Å². The van der Waals surface area contributed by atoms with Crippen LogP contribution in [0.5, 0.6) is 0 Å². The van der Waals surface area contributed by atoms with Crippen molar-refractivity contribution in [1.82, 2.24) is 14.4 Å². The quantitative estimate of drug-likeness (QED) is 0.536. The van der Waals surface area contributed by atoms with Crippen LogP contribution in [0.25, 0.3) is 0 Å². The number of unbranched alkanes of at least 4 members (excludes halogenated alkanes) is 1. The smallest absolute Gasteiger partial charge is 0.242 e. The summed E-state index contributed by atoms with van der Waals surface area (Å²) in [6.07, 6.45) is 7.22. The molecule has 2 rings (SSSR count). The average molecular weight is 364 g/mol. The van der Waals surface area contributed by atoms with Crippen molar-refractivity contribution in [2.75, 3.05) is 26.8 Å². The van der Waals surface area contributed by atoms with Crippen molar-refractivity contribution in [3.63, 3.8) is 0 Å². The molecule has 1 aliphatic carbocycles. The van der Waals surface area contributed by atoms with Gasteiger partial charge in [-0.3, -0.25) is 9.59 Å². The van der Waals surface area contributed by atoms with E-state index in [1.807, 2.05) is 34.8 Å². The number of hydrogen-bond acceptors (Lipinski definition) is 3. The third-order valence-electron chi connectivity index (χ3n) is 4.89. The SMILES string of the molecule is CCCCC(=O)N(CCCOC)CC(=O)N(Cc1cccn1C)C1CC1. The number of hydrogen-bond donors (Lipinski definition) is 0. The molecule has 1 saturated carbocycles. The van der Waals surface area contributed by atoms with Crippen molar-refractivity contribution in [3.8, 4) is 0 Å². The summed E-state index contributed by atoms with van der Waals surface area (Å²) in [4.78, 5) is 29.2. The fourth-order valence-electron chi connectivity index (χ4n) is 3.07. The van der Waals surface area contributed by atoms with E-state index in [-0.39, 0.29) is 18.4 Å². The Kier molecular flexibility index (Phi) is 8.16. The van der Waals surface area contributed by atoms with Crippen molar-refractivity contribution in [2.24, 2.45) is 7.05 Å². The van der Waals surface area contributed by atoms with Crippen LogP contribution in [-0.2, 0) is 27.9 Å². The highest BCUT2D eigenvalue weighted by Crippen LogP contribution is 2.28. The van der Waals surface area contributed by atoms with Gasteiger partial charge >= 0.3 is 0 Å². The predicted octanol–water partition coefficient (Wildman–Crippen LogP) is 2.57. The Morgan fingerprint density at radius 1 is 1.27 bits per heavy atom. The van der Waals surface area contributed by atoms with Crippen molar-refractivity contribution in [1.29, 1.82) is 0 Å². The van der Waals surface area contributed by atoms with Gasteiger partial charge in [0.15, 0.2) is 0 Å². The summed E-state index contributed by atoms with van der Waals surface area (Å²) in [5.41, 5.74) is 1.12. The van der Waals surface area contributed by atoms with E-state index in [0.29, 0.717) is 32.2 Å². The van der Waals surface area contributed by atoms with Gasteiger partial charge in [0.2, 0.25) is 11.8 Å². The molecule has 146 valence electrons. The van der Waals surface area contributed by atoms with Gasteiger partial charge in [0, 0.05) is 51.7 Å². The molecule has 2 amide bonds. The van der Waals surface area contributed by atoms with Gasteiger partial charge in [-0.1, -0.05) is 13.3 Å². The average Bonchev–Trinajstić information content (AvgIpc) is 3.39. The van der Waals surface area contributed by atoms with Gasteiger partial charge in [-0.15, -0.1) is 0 Å². The lowest BCUT2D eigenvalue weighted by molar-refractivity contribution is -0.141. The molecular formula is C20H33N3O3. The van der Waals surface area contributed by atoms with Gasteiger partial charge in [-0.25, -0.2) is 0 Å². The summed E-state index contributed by atoms with van der Waals surface area (Å²) in [6.45, 7) is 4.03. The van der Waals surface area contributed by atoms with Crippen LogP contribution in [0.2, 0.25) is 0 Å². The number of carbonyl (C=O) groups is 2. The molecule has 0 radical (unpaired) electrons. The molecule has 0 aliphatic heterocycles. The Balaban J connectivity index is 1.99. The van der Waals surface area contributed by atoms with Gasteiger partial charge < -0.3 is 19.1 Å². The van der Waals surface area contributed by atoms with Gasteiger partial charge in [0.05, 0.1) is 13.1 Å². The number of aryl methyl sites for hydroxylation is 1. The summed E-state index contributed by atoms with van der Waals surface area (Å²) in [6, 6.07) is 4.37. The first-order chi connectivity index (χ1) is 12.6. The van der Waals surface area contributed by atoms with E-state index in [2.05, 4.69) is 6.92 Å². The van der Waals surface area contributed by atoms with E-state index in [9.17, 15) is 9.59 Å². The van der Waals surface area contributed by atoms with Crippen LogP contribution in [-0.4, -0.2) is 59.0 Å². The first-order valence-corrected chi connectivity index (χ1v) is 9.73. The molecule has 6 nitrogen and oxygen atoms in total. The predicted molar refractivity (Wildman–Crippen MR) is 102 cm³/mol. The van der Waals surface area contributed by atoms with Crippen molar-refractivity contribution in [3.05, 3.63) is 24.0 Å². The third kappa shape index (κ3) is 6.16. The topological polar surface area (TPSA) is 54.8 Å². The second kappa shape index (κ2) is 10.4. The molecule has 1 fully saturated rings. The first kappa shape index (κ1) is 20.5. The highest BCUT2D eigenvalue weighted by Gasteiger charge is 2.34. The van der Waals surface area contributed by atoms with E-state index in [4.69, 9.17) is 4.74 Å². The molecule has 6 heteroatoms. The first-order valence-electron chi connectivity index (χ1n) is 9.73. The summed E-state index contributed by atoms with van der Waals surface area (Å²) in [5.74, 6) is 0.127. The zero-order valence-electron chi connectivity index (χ0n) is 16.4. The fourth-order valence-corrected chi connectivity index (χ4v) is 3.07. The maximum absolute atomic E-state index is 13.0. The molecule has 1 aromatic rings. The van der Waals surface area contributed by atoms with E-state index < -0.39 is 0 Å². The minimum Gasteiger partial charge on any atom is -0.385 e. The number of methoxy groups -OCH3 is 1. The Bertz CT molecular complexity index is 581. The Labute approximate surface area is 157 Å². The van der Waals surface area contributed by atoms with Gasteiger partial charge in [-0.2, -0.15) is 0 Å². The largest absolute Gasteiger partial charge is 0.385 e. The van der Waals surface area contributed by atoms with Gasteiger partial charge in [-0.05, 0) is 37.8 Å². The van der Waals surface area contributed by atoms with Crippen LogP contribution in [0.15, 0.2) is 18.3 Å². The maximum atomic E-state index is 13.0. The Hall–Kier alpha value is -1.82. The number of rotatable bonds is 12. The number of carbonyl (C=O) groups excluding carboxylic acids is 2. The summed E-state index contributed by atoms with van der Waals surface area (Å²) in [7, 11) is 3.65. The number of nitrogens with zero attached hydrogens (tertiary/aromatic N) is 3. The molecule has 0 spiro atoms. The van der Waals surface area contributed by atoms with E-state index in [1.165, 1.54) is 0 Å². The fraction of sp³-hybridized carbons (Fsp3) is 0.700. The van der Waals surface area contributed by atoms with Crippen LogP contribution in [0.3, 0.4) is 0 Å². The number of amides is 2. The molecule has 1 aliphatic rings. The monoisotopic (exact) mass is 363 g/mol. The zero-order chi connectivity index (χ0) is 18.9. The van der Waals surface area contributed by atoms with Crippen molar-refractivity contribution >= 4 is 11.8 Å². The van der Waals surface area contributed by atoms with E-state index in [1.54, 1.807) is 12.0 Å². The van der Waals surface area contributed by atoms with Crippen molar-refractivity contribution in [2.45, 2.75) is 58.0 Å². The van der Waals surface area contributed by atoms with Crippen LogP contribution in [0.4, 0.5) is 0 Å². The molecule has 0 unspecified atom stereocenters. The molecule has 1 aromatic heterocycles. The lowest BCUT2D eigenvalue weighted by atomic mass is 10.2. The molecule has 0 bridgehead atoms. The van der Waals surface area contributed by atoms with Crippen LogP contribution in [0, 0.1) is 0 Å². The summed E-state index contributed by atoms with van der Waals surface area (Å²) < 4.78 is 7.15. The highest BCUT2D eigenvalue weighted by atomic mass is 16.5. The molecule has 0 aromatic carbocycles. The van der Waals surface area contributed by atoms with E-state index >= 15 is 0 Å². The number of ether oxygens (including phenoxy) is 1. The Morgan fingerprint density at radius 2 is 2.04 bits per heavy atom. The van der Waals surface area contributed by atoms with Crippen LogP contribution < -0.4 is 0 Å². The molecule has 1 heterocycles. The summed E-state index contributed by atoms with van der Waals surface area (Å²) >= 11 is 0. The minimum absolute atomic E-state index is 0.0518.